The summed E-state index contributed by atoms with van der Waals surface area (Å²) in [6, 6.07) is 48.4. The van der Waals surface area contributed by atoms with Gasteiger partial charge in [-0.1, -0.05) is 100 Å². The van der Waals surface area contributed by atoms with Crippen LogP contribution in [0.4, 0.5) is 34.1 Å². The first kappa shape index (κ1) is 26.2. The highest BCUT2D eigenvalue weighted by Gasteiger charge is 2.38. The molecule has 0 atom stereocenters. The Hall–Kier alpha value is -5.28. The molecule has 45 heavy (non-hydrogen) atoms. The van der Waals surface area contributed by atoms with Crippen molar-refractivity contribution in [1.82, 2.24) is 0 Å². The number of hydrogen-bond donors (Lipinski definition) is 0. The lowest BCUT2D eigenvalue weighted by Gasteiger charge is -2.42. The van der Waals surface area contributed by atoms with Gasteiger partial charge in [0.25, 0.3) is 0 Å². The smallest absolute Gasteiger partial charge is 0.137 e. The van der Waals surface area contributed by atoms with Crippen LogP contribution in [0.2, 0.25) is 0 Å². The van der Waals surface area contributed by atoms with Crippen LogP contribution in [0, 0.1) is 0 Å². The zero-order valence-corrected chi connectivity index (χ0v) is 26.0. The van der Waals surface area contributed by atoms with Crippen LogP contribution in [0.25, 0.3) is 21.9 Å². The quantitative estimate of drug-likeness (QED) is 0.202. The maximum absolute atomic E-state index is 6.57. The van der Waals surface area contributed by atoms with Gasteiger partial charge in [-0.25, -0.2) is 0 Å². The van der Waals surface area contributed by atoms with Gasteiger partial charge in [0.15, 0.2) is 0 Å². The highest BCUT2D eigenvalue weighted by Crippen LogP contribution is 2.54. The SMILES string of the molecule is CC1(C)c2ccccc2N(c2ccc3c(c2)oc2ccc(N4c5ccccc5C(C)(C)c5ccccc54)cc23)c2ccccc21. The molecule has 0 saturated carbocycles. The van der Waals surface area contributed by atoms with Gasteiger partial charge in [-0.2, -0.15) is 0 Å². The molecule has 218 valence electrons. The minimum Gasteiger partial charge on any atom is -0.456 e. The average molecular weight is 583 g/mol. The second-order valence-electron chi connectivity index (χ2n) is 13.5. The van der Waals surface area contributed by atoms with Crippen molar-refractivity contribution in [2.45, 2.75) is 38.5 Å². The molecule has 0 unspecified atom stereocenters. The minimum atomic E-state index is -0.0928. The monoisotopic (exact) mass is 582 g/mol. The van der Waals surface area contributed by atoms with E-state index in [-0.39, 0.29) is 10.8 Å². The molecule has 0 spiro atoms. The van der Waals surface area contributed by atoms with Crippen LogP contribution < -0.4 is 9.80 Å². The maximum atomic E-state index is 6.57. The minimum absolute atomic E-state index is 0.0899. The van der Waals surface area contributed by atoms with Gasteiger partial charge in [-0.05, 0) is 76.9 Å². The van der Waals surface area contributed by atoms with Crippen molar-refractivity contribution in [3.8, 4) is 0 Å². The molecule has 2 aliphatic heterocycles. The summed E-state index contributed by atoms with van der Waals surface area (Å²) in [7, 11) is 0. The van der Waals surface area contributed by atoms with Gasteiger partial charge in [0.05, 0.1) is 22.7 Å². The molecule has 9 rings (SSSR count). The van der Waals surface area contributed by atoms with Crippen LogP contribution >= 0.6 is 0 Å². The topological polar surface area (TPSA) is 19.6 Å². The summed E-state index contributed by atoms with van der Waals surface area (Å²) in [5, 5.41) is 2.24. The lowest BCUT2D eigenvalue weighted by atomic mass is 9.73. The molecule has 3 nitrogen and oxygen atoms in total. The first-order valence-corrected chi connectivity index (χ1v) is 15.8. The molecule has 0 amide bonds. The lowest BCUT2D eigenvalue weighted by Crippen LogP contribution is -2.30. The first-order valence-electron chi connectivity index (χ1n) is 15.8. The Kier molecular flexibility index (Phi) is 5.30. The molecule has 0 N–H and O–H groups in total. The van der Waals surface area contributed by atoms with E-state index in [4.69, 9.17) is 4.42 Å². The van der Waals surface area contributed by atoms with Crippen molar-refractivity contribution in [3.63, 3.8) is 0 Å². The largest absolute Gasteiger partial charge is 0.456 e. The fraction of sp³-hybridized carbons (Fsp3) is 0.143. The van der Waals surface area contributed by atoms with E-state index in [0.29, 0.717) is 0 Å². The molecule has 1 aromatic heterocycles. The number of furan rings is 1. The summed E-state index contributed by atoms with van der Waals surface area (Å²) >= 11 is 0. The summed E-state index contributed by atoms with van der Waals surface area (Å²) in [6.45, 7) is 9.29. The van der Waals surface area contributed by atoms with Crippen LogP contribution in [0.15, 0.2) is 138 Å². The van der Waals surface area contributed by atoms with Gasteiger partial charge in [0.2, 0.25) is 0 Å². The number of hydrogen-bond acceptors (Lipinski definition) is 3. The molecule has 3 heteroatoms. The van der Waals surface area contributed by atoms with E-state index < -0.39 is 0 Å². The van der Waals surface area contributed by atoms with Crippen LogP contribution in [0.5, 0.6) is 0 Å². The fourth-order valence-electron chi connectivity index (χ4n) is 7.93. The Morgan fingerprint density at radius 3 is 1.27 bits per heavy atom. The first-order chi connectivity index (χ1) is 21.8. The van der Waals surface area contributed by atoms with E-state index in [0.717, 1.165) is 33.3 Å². The fourth-order valence-corrected chi connectivity index (χ4v) is 7.93. The normalized spacial score (nSPS) is 15.8. The Labute approximate surface area is 264 Å². The van der Waals surface area contributed by atoms with Crippen molar-refractivity contribution in [3.05, 3.63) is 156 Å². The molecule has 6 aromatic carbocycles. The molecule has 3 heterocycles. The molecular formula is C42H34N2O. The third kappa shape index (κ3) is 3.58. The van der Waals surface area contributed by atoms with Crippen LogP contribution in [0.1, 0.15) is 49.9 Å². The summed E-state index contributed by atoms with van der Waals surface area (Å²) in [4.78, 5) is 4.79. The van der Waals surface area contributed by atoms with E-state index in [2.05, 4.69) is 171 Å². The third-order valence-corrected chi connectivity index (χ3v) is 10.2. The van der Waals surface area contributed by atoms with Gasteiger partial charge in [-0.15, -0.1) is 0 Å². The number of fused-ring (bicyclic) bond motifs is 7. The molecule has 0 aliphatic carbocycles. The van der Waals surface area contributed by atoms with Gasteiger partial charge in [0.1, 0.15) is 11.2 Å². The van der Waals surface area contributed by atoms with Crippen molar-refractivity contribution in [2.24, 2.45) is 0 Å². The van der Waals surface area contributed by atoms with Gasteiger partial charge < -0.3 is 14.2 Å². The van der Waals surface area contributed by atoms with Crippen LogP contribution in [-0.2, 0) is 10.8 Å². The lowest BCUT2D eigenvalue weighted by molar-refractivity contribution is 0.631. The Morgan fingerprint density at radius 2 is 0.800 bits per heavy atom. The highest BCUT2D eigenvalue weighted by molar-refractivity contribution is 6.08. The number of rotatable bonds is 2. The predicted octanol–water partition coefficient (Wildman–Crippen LogP) is 11.8. The van der Waals surface area contributed by atoms with E-state index in [9.17, 15) is 0 Å². The Bertz CT molecular complexity index is 2210. The average Bonchev–Trinajstić information content (AvgIpc) is 3.43. The number of anilines is 6. The van der Waals surface area contributed by atoms with E-state index in [1.165, 1.54) is 45.0 Å². The summed E-state index contributed by atoms with van der Waals surface area (Å²) in [6.07, 6.45) is 0. The molecular weight excluding hydrogens is 548 g/mol. The van der Waals surface area contributed by atoms with Crippen molar-refractivity contribution < 1.29 is 4.42 Å². The summed E-state index contributed by atoms with van der Waals surface area (Å²) in [5.74, 6) is 0. The zero-order chi connectivity index (χ0) is 30.5. The van der Waals surface area contributed by atoms with E-state index in [1.807, 2.05) is 0 Å². The molecule has 0 radical (unpaired) electrons. The van der Waals surface area contributed by atoms with Crippen molar-refractivity contribution in [1.29, 1.82) is 0 Å². The number of benzene rings is 6. The van der Waals surface area contributed by atoms with E-state index >= 15 is 0 Å². The Morgan fingerprint density at radius 1 is 0.400 bits per heavy atom. The van der Waals surface area contributed by atoms with Crippen molar-refractivity contribution in [2.75, 3.05) is 9.80 Å². The number of para-hydroxylation sites is 4. The molecule has 0 saturated heterocycles. The predicted molar refractivity (Wildman–Crippen MR) is 187 cm³/mol. The second kappa shape index (κ2) is 9.12. The highest BCUT2D eigenvalue weighted by atomic mass is 16.3. The zero-order valence-electron chi connectivity index (χ0n) is 26.0. The molecule has 0 fully saturated rings. The van der Waals surface area contributed by atoms with Crippen LogP contribution in [-0.4, -0.2) is 0 Å². The molecule has 7 aromatic rings. The summed E-state index contributed by atoms with van der Waals surface area (Å²) in [5.41, 5.74) is 14.0. The third-order valence-electron chi connectivity index (χ3n) is 10.2. The standard InChI is InChI=1S/C42H34N2O/c1-41(2)31-13-5-9-17-35(31)43(36-18-10-6-14-32(36)41)27-22-24-39-30(25-27)29-23-21-28(26-40(29)45-39)44-37-19-11-7-15-33(37)42(3,4)34-16-8-12-20-38(34)44/h5-26H,1-4H3. The number of nitrogens with zero attached hydrogens (tertiary/aromatic N) is 2. The molecule has 0 bridgehead atoms. The van der Waals surface area contributed by atoms with E-state index in [1.54, 1.807) is 0 Å². The maximum Gasteiger partial charge on any atom is 0.137 e. The van der Waals surface area contributed by atoms with Gasteiger partial charge >= 0.3 is 0 Å². The summed E-state index contributed by atoms with van der Waals surface area (Å²) < 4.78 is 6.57. The second-order valence-corrected chi connectivity index (χ2v) is 13.5. The van der Waals surface area contributed by atoms with Crippen molar-refractivity contribution >= 4 is 56.1 Å². The van der Waals surface area contributed by atoms with Gasteiger partial charge in [0, 0.05) is 39.0 Å². The Balaban J connectivity index is 1.20. The molecule has 2 aliphatic rings. The van der Waals surface area contributed by atoms with Gasteiger partial charge in [-0.3, -0.25) is 0 Å². The van der Waals surface area contributed by atoms with Crippen LogP contribution in [0.3, 0.4) is 0 Å².